The van der Waals surface area contributed by atoms with E-state index in [4.69, 9.17) is 9.47 Å². The molecule has 0 aliphatic rings. The minimum absolute atomic E-state index is 0.158. The molecule has 162 valence electrons. The van der Waals surface area contributed by atoms with Crippen molar-refractivity contribution in [3.63, 3.8) is 0 Å². The largest absolute Gasteiger partial charge is 0.497 e. The zero-order valence-corrected chi connectivity index (χ0v) is 18.6. The van der Waals surface area contributed by atoms with Crippen molar-refractivity contribution in [2.24, 2.45) is 0 Å². The average molecular weight is 441 g/mol. The standard InChI is InChI=1S/C22H24N4O4S/c1-26(2)20-12-16(7-9-23-20)25-21(27)19-6-5-8-24-22(19)31(28)14-15-10-17(29-3)13-18(11-15)30-4/h5-13H,14H2,1-4H3,(H,23,25,27). The highest BCUT2D eigenvalue weighted by Gasteiger charge is 2.19. The summed E-state index contributed by atoms with van der Waals surface area (Å²) in [5, 5.41) is 3.04. The highest BCUT2D eigenvalue weighted by molar-refractivity contribution is 7.84. The van der Waals surface area contributed by atoms with Crippen LogP contribution in [-0.4, -0.2) is 48.4 Å². The number of aromatic nitrogens is 2. The smallest absolute Gasteiger partial charge is 0.258 e. The van der Waals surface area contributed by atoms with Gasteiger partial charge in [0.2, 0.25) is 0 Å². The van der Waals surface area contributed by atoms with Crippen LogP contribution in [0.15, 0.2) is 59.9 Å². The van der Waals surface area contributed by atoms with Gasteiger partial charge in [0.05, 0.1) is 36.3 Å². The van der Waals surface area contributed by atoms with Crippen molar-refractivity contribution in [1.82, 2.24) is 9.97 Å². The number of anilines is 2. The van der Waals surface area contributed by atoms with Gasteiger partial charge in [-0.15, -0.1) is 0 Å². The Bertz CT molecular complexity index is 1080. The number of rotatable bonds is 8. The molecule has 0 fully saturated rings. The van der Waals surface area contributed by atoms with Gasteiger partial charge in [0.15, 0.2) is 0 Å². The maximum absolute atomic E-state index is 13.1. The third-order valence-electron chi connectivity index (χ3n) is 4.40. The van der Waals surface area contributed by atoms with E-state index < -0.39 is 16.7 Å². The third-order valence-corrected chi connectivity index (χ3v) is 5.75. The Hall–Kier alpha value is -3.46. The molecule has 0 saturated heterocycles. The molecule has 1 unspecified atom stereocenters. The Balaban J connectivity index is 1.84. The first-order valence-corrected chi connectivity index (χ1v) is 10.7. The number of hydrogen-bond donors (Lipinski definition) is 1. The number of ether oxygens (including phenoxy) is 2. The number of carbonyl (C=O) groups excluding carboxylic acids is 1. The molecule has 0 bridgehead atoms. The molecule has 0 aliphatic heterocycles. The Kier molecular flexibility index (Phi) is 7.19. The summed E-state index contributed by atoms with van der Waals surface area (Å²) in [6.07, 6.45) is 3.14. The van der Waals surface area contributed by atoms with Crippen molar-refractivity contribution in [2.75, 3.05) is 38.5 Å². The van der Waals surface area contributed by atoms with Crippen molar-refractivity contribution < 1.29 is 18.5 Å². The molecule has 2 heterocycles. The van der Waals surface area contributed by atoms with E-state index in [1.165, 1.54) is 6.20 Å². The molecular weight excluding hydrogens is 416 g/mol. The fourth-order valence-electron chi connectivity index (χ4n) is 2.85. The lowest BCUT2D eigenvalue weighted by Gasteiger charge is -2.13. The van der Waals surface area contributed by atoms with Crippen molar-refractivity contribution in [3.8, 4) is 11.5 Å². The third kappa shape index (κ3) is 5.58. The molecule has 31 heavy (non-hydrogen) atoms. The van der Waals surface area contributed by atoms with Gasteiger partial charge in [-0.25, -0.2) is 9.97 Å². The Morgan fingerprint density at radius 2 is 1.74 bits per heavy atom. The van der Waals surface area contributed by atoms with Crippen molar-refractivity contribution in [1.29, 1.82) is 0 Å². The molecule has 1 N–H and O–H groups in total. The van der Waals surface area contributed by atoms with Gasteiger partial charge in [-0.3, -0.25) is 9.00 Å². The van der Waals surface area contributed by atoms with Crippen LogP contribution in [-0.2, 0) is 16.6 Å². The van der Waals surface area contributed by atoms with Crippen molar-refractivity contribution in [2.45, 2.75) is 10.8 Å². The zero-order valence-electron chi connectivity index (χ0n) is 17.8. The minimum atomic E-state index is -1.56. The molecule has 0 saturated carbocycles. The van der Waals surface area contributed by atoms with E-state index in [0.29, 0.717) is 23.0 Å². The Labute approximate surface area is 183 Å². The van der Waals surface area contributed by atoms with E-state index in [-0.39, 0.29) is 16.3 Å². The fourth-order valence-corrected chi connectivity index (χ4v) is 4.04. The Morgan fingerprint density at radius 3 is 2.39 bits per heavy atom. The van der Waals surface area contributed by atoms with Crippen LogP contribution in [0.2, 0.25) is 0 Å². The molecule has 1 amide bonds. The summed E-state index contributed by atoms with van der Waals surface area (Å²) in [5.41, 5.74) is 1.58. The highest BCUT2D eigenvalue weighted by atomic mass is 32.2. The second-order valence-corrected chi connectivity index (χ2v) is 8.18. The first-order chi connectivity index (χ1) is 14.9. The molecule has 0 radical (unpaired) electrons. The summed E-state index contributed by atoms with van der Waals surface area (Å²) in [6.45, 7) is 0. The van der Waals surface area contributed by atoms with Gasteiger partial charge in [-0.2, -0.15) is 0 Å². The number of pyridine rings is 2. The number of nitrogens with one attached hydrogen (secondary N) is 1. The summed E-state index contributed by atoms with van der Waals surface area (Å²) < 4.78 is 23.6. The van der Waals surface area contributed by atoms with E-state index in [2.05, 4.69) is 15.3 Å². The van der Waals surface area contributed by atoms with Crippen LogP contribution in [0.5, 0.6) is 11.5 Å². The molecule has 3 rings (SSSR count). The van der Waals surface area contributed by atoms with Crippen LogP contribution < -0.4 is 19.7 Å². The maximum atomic E-state index is 13.1. The highest BCUT2D eigenvalue weighted by Crippen LogP contribution is 2.25. The zero-order chi connectivity index (χ0) is 22.4. The second-order valence-electron chi connectivity index (χ2n) is 6.82. The molecule has 0 spiro atoms. The van der Waals surface area contributed by atoms with Crippen LogP contribution in [0.25, 0.3) is 0 Å². The average Bonchev–Trinajstić information content (AvgIpc) is 2.78. The van der Waals surface area contributed by atoms with E-state index in [9.17, 15) is 9.00 Å². The Morgan fingerprint density at radius 1 is 1.03 bits per heavy atom. The lowest BCUT2D eigenvalue weighted by molar-refractivity contribution is 0.102. The summed E-state index contributed by atoms with van der Waals surface area (Å²) in [5.74, 6) is 1.67. The van der Waals surface area contributed by atoms with E-state index in [0.717, 1.165) is 5.56 Å². The minimum Gasteiger partial charge on any atom is -0.497 e. The van der Waals surface area contributed by atoms with Crippen molar-refractivity contribution >= 4 is 28.2 Å². The van der Waals surface area contributed by atoms with Gasteiger partial charge < -0.3 is 19.7 Å². The number of nitrogens with zero attached hydrogens (tertiary/aromatic N) is 3. The second kappa shape index (κ2) is 10.0. The van der Waals surface area contributed by atoms with Crippen LogP contribution in [0.4, 0.5) is 11.5 Å². The van der Waals surface area contributed by atoms with Crippen LogP contribution in [0.3, 0.4) is 0 Å². The number of benzene rings is 1. The number of hydrogen-bond acceptors (Lipinski definition) is 7. The van der Waals surface area contributed by atoms with E-state index in [1.54, 1.807) is 62.9 Å². The molecule has 0 aliphatic carbocycles. The van der Waals surface area contributed by atoms with Crippen LogP contribution in [0.1, 0.15) is 15.9 Å². The topological polar surface area (TPSA) is 93.6 Å². The lowest BCUT2D eigenvalue weighted by Crippen LogP contribution is -2.17. The normalized spacial score (nSPS) is 11.5. The predicted octanol–water partition coefficient (Wildman–Crippen LogP) is 3.12. The first kappa shape index (κ1) is 22.2. The monoisotopic (exact) mass is 440 g/mol. The first-order valence-electron chi connectivity index (χ1n) is 9.41. The van der Waals surface area contributed by atoms with Gasteiger partial charge in [0, 0.05) is 44.3 Å². The summed E-state index contributed by atoms with van der Waals surface area (Å²) >= 11 is 0. The van der Waals surface area contributed by atoms with E-state index in [1.807, 2.05) is 19.0 Å². The summed E-state index contributed by atoms with van der Waals surface area (Å²) in [7, 11) is 5.28. The molecule has 8 nitrogen and oxygen atoms in total. The number of carbonyl (C=O) groups is 1. The fraction of sp³-hybridized carbons (Fsp3) is 0.227. The van der Waals surface area contributed by atoms with Gasteiger partial charge in [-0.1, -0.05) is 0 Å². The molecule has 3 aromatic rings. The quantitative estimate of drug-likeness (QED) is 0.575. The molecule has 1 atom stereocenters. The van der Waals surface area contributed by atoms with Gasteiger partial charge in [0.1, 0.15) is 22.3 Å². The van der Waals surface area contributed by atoms with Gasteiger partial charge in [-0.05, 0) is 35.9 Å². The molecule has 1 aromatic carbocycles. The summed E-state index contributed by atoms with van der Waals surface area (Å²) in [6, 6.07) is 12.0. The van der Waals surface area contributed by atoms with Crippen molar-refractivity contribution in [3.05, 3.63) is 66.0 Å². The van der Waals surface area contributed by atoms with Gasteiger partial charge in [0.25, 0.3) is 5.91 Å². The predicted molar refractivity (Wildman–Crippen MR) is 120 cm³/mol. The number of methoxy groups -OCH3 is 2. The summed E-state index contributed by atoms with van der Waals surface area (Å²) in [4.78, 5) is 23.2. The molecule has 9 heteroatoms. The lowest BCUT2D eigenvalue weighted by atomic mass is 10.2. The number of amides is 1. The van der Waals surface area contributed by atoms with Gasteiger partial charge >= 0.3 is 0 Å². The molecular formula is C22H24N4O4S. The SMILES string of the molecule is COc1cc(CS(=O)c2ncccc2C(=O)Nc2ccnc(N(C)C)c2)cc(OC)c1. The van der Waals surface area contributed by atoms with Crippen LogP contribution >= 0.6 is 0 Å². The van der Waals surface area contributed by atoms with E-state index >= 15 is 0 Å². The maximum Gasteiger partial charge on any atom is 0.258 e. The molecule has 2 aromatic heterocycles. The van der Waals surface area contributed by atoms with Crippen LogP contribution in [0, 0.1) is 0 Å².